The van der Waals surface area contributed by atoms with E-state index in [9.17, 15) is 18.0 Å². The zero-order valence-electron chi connectivity index (χ0n) is 26.7. The van der Waals surface area contributed by atoms with Crippen LogP contribution in [0.2, 0.25) is 0 Å². The Morgan fingerprint density at radius 1 is 0.778 bits per heavy atom. The Bertz CT molecular complexity index is 1680. The van der Waals surface area contributed by atoms with Crippen LogP contribution in [0.4, 0.5) is 5.69 Å². The predicted octanol–water partition coefficient (Wildman–Crippen LogP) is 6.31. The molecule has 45 heavy (non-hydrogen) atoms. The molecule has 7 nitrogen and oxygen atoms in total. The van der Waals surface area contributed by atoms with Crippen LogP contribution in [0.3, 0.4) is 0 Å². The van der Waals surface area contributed by atoms with Crippen LogP contribution in [0.15, 0.2) is 114 Å². The first kappa shape index (κ1) is 33.5. The van der Waals surface area contributed by atoms with Gasteiger partial charge in [-0.15, -0.1) is 0 Å². The number of aryl methyl sites for hydroxylation is 2. The van der Waals surface area contributed by atoms with Crippen molar-refractivity contribution in [1.29, 1.82) is 0 Å². The third kappa shape index (κ3) is 8.82. The van der Waals surface area contributed by atoms with Gasteiger partial charge in [-0.1, -0.05) is 103 Å². The van der Waals surface area contributed by atoms with Crippen LogP contribution in [0.25, 0.3) is 0 Å². The summed E-state index contributed by atoms with van der Waals surface area (Å²) in [5, 5.41) is 3.06. The first-order chi connectivity index (χ1) is 21.4. The maximum absolute atomic E-state index is 14.6. The molecule has 0 radical (unpaired) electrons. The van der Waals surface area contributed by atoms with Gasteiger partial charge in [0.1, 0.15) is 12.6 Å². The normalized spacial score (nSPS) is 12.3. The zero-order valence-corrected chi connectivity index (χ0v) is 27.6. The molecule has 0 heterocycles. The number of nitrogens with one attached hydrogen (secondary N) is 1. The molecule has 4 aromatic rings. The second kappa shape index (κ2) is 14.6. The maximum atomic E-state index is 14.6. The van der Waals surface area contributed by atoms with E-state index < -0.39 is 34.1 Å². The molecule has 1 atom stereocenters. The van der Waals surface area contributed by atoms with Gasteiger partial charge in [-0.3, -0.25) is 13.9 Å². The Morgan fingerprint density at radius 2 is 1.36 bits per heavy atom. The predicted molar refractivity (Wildman–Crippen MR) is 180 cm³/mol. The number of sulfonamides is 1. The van der Waals surface area contributed by atoms with Crippen molar-refractivity contribution in [1.82, 2.24) is 10.2 Å². The van der Waals surface area contributed by atoms with Gasteiger partial charge in [-0.2, -0.15) is 0 Å². The van der Waals surface area contributed by atoms with Crippen molar-refractivity contribution in [3.05, 3.63) is 131 Å². The first-order valence-corrected chi connectivity index (χ1v) is 16.7. The largest absolute Gasteiger partial charge is 0.350 e. The van der Waals surface area contributed by atoms with Crippen molar-refractivity contribution >= 4 is 27.5 Å². The van der Waals surface area contributed by atoms with Crippen molar-refractivity contribution in [3.8, 4) is 0 Å². The Hall–Kier alpha value is -4.43. The third-order valence-electron chi connectivity index (χ3n) is 7.49. The molecule has 0 unspecified atom stereocenters. The standard InChI is InChI=1S/C37H43N3O4S/c1-6-31-17-13-14-20-33(31)40(45(43,44)32-18-11-8-12-19-32)27-35(41)39(26-30-23-21-28(2)22-24-30)34(36(42)38-37(3,4)5)25-29-15-9-7-10-16-29/h7-24,34H,6,25-27H2,1-5H3,(H,38,42)/t34-/m0/s1. The van der Waals surface area contributed by atoms with Crippen molar-refractivity contribution in [2.75, 3.05) is 10.8 Å². The van der Waals surface area contributed by atoms with E-state index in [1.54, 1.807) is 30.3 Å². The van der Waals surface area contributed by atoms with Gasteiger partial charge < -0.3 is 10.2 Å². The number of para-hydroxylation sites is 1. The van der Waals surface area contributed by atoms with Crippen molar-refractivity contribution in [2.24, 2.45) is 0 Å². The van der Waals surface area contributed by atoms with Crippen LogP contribution < -0.4 is 9.62 Å². The number of hydrogen-bond acceptors (Lipinski definition) is 4. The van der Waals surface area contributed by atoms with Crippen molar-refractivity contribution in [3.63, 3.8) is 0 Å². The molecule has 8 heteroatoms. The molecule has 1 N–H and O–H groups in total. The number of benzene rings is 4. The topological polar surface area (TPSA) is 86.8 Å². The van der Waals surface area contributed by atoms with Crippen LogP contribution in [0, 0.1) is 6.92 Å². The van der Waals surface area contributed by atoms with Crippen LogP contribution in [0.5, 0.6) is 0 Å². The fraction of sp³-hybridized carbons (Fsp3) is 0.297. The second-order valence-corrected chi connectivity index (χ2v) is 14.1. The molecular weight excluding hydrogens is 582 g/mol. The van der Waals surface area contributed by atoms with E-state index in [0.717, 1.165) is 22.3 Å². The lowest BCUT2D eigenvalue weighted by atomic mass is 10.0. The highest BCUT2D eigenvalue weighted by atomic mass is 32.2. The summed E-state index contributed by atoms with van der Waals surface area (Å²) in [7, 11) is -4.14. The van der Waals surface area contributed by atoms with Crippen LogP contribution in [0.1, 0.15) is 49.9 Å². The number of hydrogen-bond donors (Lipinski definition) is 1. The van der Waals surface area contributed by atoms with Gasteiger partial charge in [0, 0.05) is 18.5 Å². The van der Waals surface area contributed by atoms with Crippen LogP contribution in [-0.2, 0) is 39.0 Å². The quantitative estimate of drug-likeness (QED) is 0.200. The molecule has 0 aromatic heterocycles. The molecule has 2 amide bonds. The summed E-state index contributed by atoms with van der Waals surface area (Å²) < 4.78 is 29.6. The average Bonchev–Trinajstić information content (AvgIpc) is 3.02. The smallest absolute Gasteiger partial charge is 0.264 e. The Kier molecular flexibility index (Phi) is 10.8. The molecule has 0 fully saturated rings. The van der Waals surface area contributed by atoms with Gasteiger partial charge in [0.05, 0.1) is 10.6 Å². The molecule has 4 aromatic carbocycles. The van der Waals surface area contributed by atoms with Gasteiger partial charge in [0.2, 0.25) is 11.8 Å². The minimum atomic E-state index is -4.14. The number of carbonyl (C=O) groups excluding carboxylic acids is 2. The number of anilines is 1. The minimum absolute atomic E-state index is 0.0834. The van der Waals surface area contributed by atoms with Crippen LogP contribution in [-0.4, -0.2) is 43.3 Å². The van der Waals surface area contributed by atoms with E-state index in [4.69, 9.17) is 0 Å². The van der Waals surface area contributed by atoms with E-state index in [2.05, 4.69) is 5.32 Å². The summed E-state index contributed by atoms with van der Waals surface area (Å²) in [6.07, 6.45) is 0.834. The Balaban J connectivity index is 1.83. The molecule has 0 aliphatic carbocycles. The van der Waals surface area contributed by atoms with Gasteiger partial charge in [0.25, 0.3) is 10.0 Å². The number of amides is 2. The van der Waals surface area contributed by atoms with Crippen molar-refractivity contribution < 1.29 is 18.0 Å². The van der Waals surface area contributed by atoms with Gasteiger partial charge in [0.15, 0.2) is 0 Å². The second-order valence-electron chi connectivity index (χ2n) is 12.3. The molecule has 0 aliphatic heterocycles. The molecule has 0 spiro atoms. The number of rotatable bonds is 12. The molecule has 0 saturated heterocycles. The number of carbonyl (C=O) groups is 2. The number of nitrogens with zero attached hydrogens (tertiary/aromatic N) is 2. The lowest BCUT2D eigenvalue weighted by molar-refractivity contribution is -0.140. The highest BCUT2D eigenvalue weighted by Crippen LogP contribution is 2.28. The maximum Gasteiger partial charge on any atom is 0.264 e. The SMILES string of the molecule is CCc1ccccc1N(CC(=O)N(Cc1ccc(C)cc1)[C@@H](Cc1ccccc1)C(=O)NC(C)(C)C)S(=O)(=O)c1ccccc1. The summed E-state index contributed by atoms with van der Waals surface area (Å²) in [6, 6.07) is 31.8. The van der Waals surface area contributed by atoms with E-state index >= 15 is 0 Å². The molecular formula is C37H43N3O4S. The highest BCUT2D eigenvalue weighted by Gasteiger charge is 2.36. The summed E-state index contributed by atoms with van der Waals surface area (Å²) in [6.45, 7) is 9.27. The van der Waals surface area contributed by atoms with Gasteiger partial charge >= 0.3 is 0 Å². The molecule has 4 rings (SSSR count). The molecule has 0 saturated carbocycles. The lowest BCUT2D eigenvalue weighted by Crippen LogP contribution is -2.56. The fourth-order valence-corrected chi connectivity index (χ4v) is 6.66. The van der Waals surface area contributed by atoms with E-state index in [1.807, 2.05) is 101 Å². The summed E-state index contributed by atoms with van der Waals surface area (Å²) in [5.74, 6) is -0.788. The first-order valence-electron chi connectivity index (χ1n) is 15.3. The minimum Gasteiger partial charge on any atom is -0.350 e. The summed E-state index contributed by atoms with van der Waals surface area (Å²) in [4.78, 5) is 30.2. The average molecular weight is 626 g/mol. The third-order valence-corrected chi connectivity index (χ3v) is 9.27. The van der Waals surface area contributed by atoms with Crippen LogP contribution >= 0.6 is 0 Å². The molecule has 0 aliphatic rings. The van der Waals surface area contributed by atoms with Gasteiger partial charge in [-0.25, -0.2) is 8.42 Å². The highest BCUT2D eigenvalue weighted by molar-refractivity contribution is 7.92. The van der Waals surface area contributed by atoms with E-state index in [-0.39, 0.29) is 23.8 Å². The Morgan fingerprint density at radius 3 is 1.96 bits per heavy atom. The summed E-state index contributed by atoms with van der Waals surface area (Å²) >= 11 is 0. The fourth-order valence-electron chi connectivity index (χ4n) is 5.18. The van der Waals surface area contributed by atoms with Crippen molar-refractivity contribution in [2.45, 2.75) is 70.5 Å². The monoisotopic (exact) mass is 625 g/mol. The Labute approximate surface area is 268 Å². The summed E-state index contributed by atoms with van der Waals surface area (Å²) in [5.41, 5.74) is 3.47. The van der Waals surface area contributed by atoms with E-state index in [1.165, 1.54) is 21.3 Å². The van der Waals surface area contributed by atoms with E-state index in [0.29, 0.717) is 12.1 Å². The lowest BCUT2D eigenvalue weighted by Gasteiger charge is -2.35. The molecule has 0 bridgehead atoms. The zero-order chi connectivity index (χ0) is 32.6. The van der Waals surface area contributed by atoms with Gasteiger partial charge in [-0.05, 0) is 69.0 Å². The molecule has 236 valence electrons.